The smallest absolute Gasteiger partial charge is 0.191 e. The molecule has 0 aliphatic carbocycles. The molecule has 0 aromatic heterocycles. The van der Waals surface area contributed by atoms with Gasteiger partial charge in [-0.05, 0) is 4.90 Å². The van der Waals surface area contributed by atoms with Crippen LogP contribution >= 0.6 is 0 Å². The summed E-state index contributed by atoms with van der Waals surface area (Å²) in [7, 11) is 0. The van der Waals surface area contributed by atoms with Gasteiger partial charge in [0, 0.05) is 0 Å². The summed E-state index contributed by atoms with van der Waals surface area (Å²) in [5.41, 5.74) is 0.323. The largest absolute Gasteiger partial charge is 0.428 e. The van der Waals surface area contributed by atoms with E-state index in [2.05, 4.69) is 0 Å². The van der Waals surface area contributed by atoms with Crippen LogP contribution in [0.15, 0.2) is 24.3 Å². The summed E-state index contributed by atoms with van der Waals surface area (Å²) in [6.07, 6.45) is 2.00. The first-order chi connectivity index (χ1) is 5.18. The maximum absolute atomic E-state index is 12.2. The fourth-order valence-electron chi connectivity index (χ4n) is 0.635. The molecule has 1 N–H and O–H groups in total. The lowest BCUT2D eigenvalue weighted by Crippen LogP contribution is -1.97. The van der Waals surface area contributed by atoms with Gasteiger partial charge in [-0.3, -0.25) is 5.21 Å². The van der Waals surface area contributed by atoms with Gasteiger partial charge in [-0.1, -0.05) is 12.1 Å². The Kier molecular flexibility index (Phi) is 2.06. The Morgan fingerprint density at radius 2 is 1.91 bits per heavy atom. The van der Waals surface area contributed by atoms with E-state index in [0.29, 0.717) is 5.56 Å². The first-order valence-corrected chi connectivity index (χ1v) is 2.87. The Labute approximate surface area is 62.6 Å². The van der Waals surface area contributed by atoms with Crippen molar-refractivity contribution in [3.8, 4) is 0 Å². The summed E-state index contributed by atoms with van der Waals surface area (Å²) in [5.74, 6) is -0.397. The maximum atomic E-state index is 12.2. The van der Waals surface area contributed by atoms with Crippen LogP contribution in [0.5, 0.6) is 0 Å². The van der Waals surface area contributed by atoms with E-state index < -0.39 is 10.7 Å². The Balaban J connectivity index is 2.91. The Morgan fingerprint density at radius 3 is 2.36 bits per heavy atom. The topological polar surface area (TPSA) is 46.3 Å². The summed E-state index contributed by atoms with van der Waals surface area (Å²) in [5, 5.41) is 18.1. The number of halogens is 1. The number of benzene rings is 1. The molecule has 0 saturated carbocycles. The first-order valence-electron chi connectivity index (χ1n) is 2.87. The molecule has 0 amide bonds. The van der Waals surface area contributed by atoms with Crippen molar-refractivity contribution in [2.24, 2.45) is 0 Å². The van der Waals surface area contributed by atoms with Gasteiger partial charge < -0.3 is 5.21 Å². The predicted octanol–water partition coefficient (Wildman–Crippen LogP) is 1.02. The third-order valence-electron chi connectivity index (χ3n) is 1.07. The van der Waals surface area contributed by atoms with Gasteiger partial charge in [0.15, 0.2) is 6.21 Å². The van der Waals surface area contributed by atoms with Gasteiger partial charge in [-0.25, -0.2) is 4.39 Å². The molecule has 1 aromatic rings. The van der Waals surface area contributed by atoms with Gasteiger partial charge in [0.2, 0.25) is 0 Å². The maximum Gasteiger partial charge on any atom is 0.191 e. The SMILES string of the molecule is [O-][N+](O)=[C-]c1ccc(F)cc1. The van der Waals surface area contributed by atoms with Crippen LogP contribution in [-0.2, 0) is 0 Å². The normalized spacial score (nSPS) is 11.5. The summed E-state index contributed by atoms with van der Waals surface area (Å²) in [6, 6.07) is 5.00. The van der Waals surface area contributed by atoms with Crippen LogP contribution in [0.1, 0.15) is 5.56 Å². The molecule has 0 unspecified atom stereocenters. The Morgan fingerprint density at radius 1 is 1.36 bits per heavy atom. The van der Waals surface area contributed by atoms with Crippen LogP contribution in [0, 0.1) is 11.0 Å². The monoisotopic (exact) mass is 154 g/mol. The highest BCUT2D eigenvalue weighted by atomic mass is 19.1. The molecule has 0 aliphatic rings. The van der Waals surface area contributed by atoms with Crippen molar-refractivity contribution in [2.75, 3.05) is 0 Å². The highest BCUT2D eigenvalue weighted by Gasteiger charge is 1.85. The van der Waals surface area contributed by atoms with Crippen molar-refractivity contribution >= 4 is 6.21 Å². The van der Waals surface area contributed by atoms with Crippen LogP contribution in [0.3, 0.4) is 0 Å². The Bertz CT molecular complexity index is 264. The average Bonchev–Trinajstić information content (AvgIpc) is 1.93. The molecule has 0 radical (unpaired) electrons. The lowest BCUT2D eigenvalue weighted by Gasteiger charge is -1.97. The second-order valence-corrected chi connectivity index (χ2v) is 1.89. The van der Waals surface area contributed by atoms with Gasteiger partial charge in [-0.15, -0.1) is 5.56 Å². The van der Waals surface area contributed by atoms with E-state index in [1.165, 1.54) is 24.3 Å². The number of rotatable bonds is 1. The van der Waals surface area contributed by atoms with E-state index in [1.54, 1.807) is 0 Å². The molecule has 0 fully saturated rings. The van der Waals surface area contributed by atoms with E-state index in [-0.39, 0.29) is 0 Å². The van der Waals surface area contributed by atoms with Crippen molar-refractivity contribution in [3.63, 3.8) is 0 Å². The van der Waals surface area contributed by atoms with Crippen LogP contribution in [0.4, 0.5) is 4.39 Å². The summed E-state index contributed by atoms with van der Waals surface area (Å²) in [4.78, 5) is -0.451. The molecule has 0 heterocycles. The zero-order valence-corrected chi connectivity index (χ0v) is 5.49. The molecule has 11 heavy (non-hydrogen) atoms. The molecule has 3 nitrogen and oxygen atoms in total. The van der Waals surface area contributed by atoms with Crippen LogP contribution in [-0.4, -0.2) is 16.3 Å². The van der Waals surface area contributed by atoms with Crippen molar-refractivity contribution in [1.29, 1.82) is 0 Å². The number of nitrogens with zero attached hydrogens (tertiary/aromatic N) is 1. The standard InChI is InChI=1S/C7H5FNO2/c8-7-3-1-6(2-4-7)5-9(10)11/h1-4H,(H,10,11)/q-1. The summed E-state index contributed by atoms with van der Waals surface area (Å²) >= 11 is 0. The van der Waals surface area contributed by atoms with Gasteiger partial charge in [0.05, 0.1) is 5.82 Å². The van der Waals surface area contributed by atoms with Gasteiger partial charge in [-0.2, -0.15) is 12.1 Å². The molecule has 4 heteroatoms. The molecule has 0 spiro atoms. The van der Waals surface area contributed by atoms with Crippen molar-refractivity contribution in [3.05, 3.63) is 40.9 Å². The van der Waals surface area contributed by atoms with Crippen molar-refractivity contribution in [1.82, 2.24) is 0 Å². The van der Waals surface area contributed by atoms with Crippen molar-refractivity contribution in [2.45, 2.75) is 0 Å². The van der Waals surface area contributed by atoms with Crippen LogP contribution in [0.2, 0.25) is 0 Å². The van der Waals surface area contributed by atoms with E-state index >= 15 is 0 Å². The van der Waals surface area contributed by atoms with E-state index in [9.17, 15) is 9.60 Å². The second-order valence-electron chi connectivity index (χ2n) is 1.89. The van der Waals surface area contributed by atoms with E-state index in [1.807, 2.05) is 6.21 Å². The fourth-order valence-corrected chi connectivity index (χ4v) is 0.635. The third-order valence-corrected chi connectivity index (χ3v) is 1.07. The van der Waals surface area contributed by atoms with Crippen LogP contribution < -0.4 is 0 Å². The lowest BCUT2D eigenvalue weighted by molar-refractivity contribution is -0.722. The molecular weight excluding hydrogens is 149 g/mol. The highest BCUT2D eigenvalue weighted by molar-refractivity contribution is 5.75. The Hall–Kier alpha value is -1.58. The van der Waals surface area contributed by atoms with Crippen molar-refractivity contribution < 1.29 is 14.5 Å². The highest BCUT2D eigenvalue weighted by Crippen LogP contribution is 1.99. The zero-order valence-electron chi connectivity index (χ0n) is 5.49. The molecule has 0 atom stereocenters. The average molecular weight is 154 g/mol. The predicted molar refractivity (Wildman–Crippen MR) is 35.9 cm³/mol. The summed E-state index contributed by atoms with van der Waals surface area (Å²) in [6.45, 7) is 0. The number of hydrogen-bond donors (Lipinski definition) is 1. The molecule has 1 aromatic carbocycles. The third kappa shape index (κ3) is 2.25. The first kappa shape index (κ1) is 7.53. The molecule has 0 bridgehead atoms. The van der Waals surface area contributed by atoms with Crippen LogP contribution in [0.25, 0.3) is 0 Å². The quantitative estimate of drug-likeness (QED) is 0.216. The van der Waals surface area contributed by atoms with E-state index in [4.69, 9.17) is 5.21 Å². The van der Waals surface area contributed by atoms with Gasteiger partial charge in [0.25, 0.3) is 0 Å². The van der Waals surface area contributed by atoms with Gasteiger partial charge >= 0.3 is 0 Å². The summed E-state index contributed by atoms with van der Waals surface area (Å²) < 4.78 is 12.2. The molecular formula is C7H5FNO2-. The van der Waals surface area contributed by atoms with E-state index in [0.717, 1.165) is 0 Å². The zero-order chi connectivity index (χ0) is 8.27. The lowest BCUT2D eigenvalue weighted by atomic mass is 10.2. The molecule has 1 rings (SSSR count). The second kappa shape index (κ2) is 3.01. The minimum absolute atomic E-state index is 0.323. The molecule has 0 aliphatic heterocycles. The minimum atomic E-state index is -0.451. The molecule has 58 valence electrons. The minimum Gasteiger partial charge on any atom is -0.428 e. The molecule has 0 saturated heterocycles. The fraction of sp³-hybridized carbons (Fsp3) is 0. The number of hydrogen-bond acceptors (Lipinski definition) is 2. The van der Waals surface area contributed by atoms with Gasteiger partial charge in [0.1, 0.15) is 0 Å².